The molecule has 0 bridgehead atoms. The van der Waals surface area contributed by atoms with Crippen LogP contribution in [0.1, 0.15) is 5.56 Å². The minimum absolute atomic E-state index is 0.146. The molecule has 0 aliphatic carbocycles. The zero-order valence-electron chi connectivity index (χ0n) is 13.1. The summed E-state index contributed by atoms with van der Waals surface area (Å²) in [6.07, 6.45) is -4.37. The molecule has 0 radical (unpaired) electrons. The van der Waals surface area contributed by atoms with Crippen molar-refractivity contribution in [2.24, 2.45) is 0 Å². The number of alkyl halides is 3. The molecule has 4 nitrogen and oxygen atoms in total. The zero-order chi connectivity index (χ0) is 17.0. The number of hydrogen-bond acceptors (Lipinski definition) is 4. The topological polar surface area (TPSA) is 24.9 Å². The second kappa shape index (κ2) is 7.89. The highest BCUT2D eigenvalue weighted by Gasteiger charge is 2.29. The third kappa shape index (κ3) is 5.68. The Bertz CT molecular complexity index is 532. The van der Waals surface area contributed by atoms with Crippen molar-refractivity contribution in [3.8, 4) is 11.5 Å². The van der Waals surface area contributed by atoms with E-state index in [4.69, 9.17) is 9.47 Å². The molecule has 8 heteroatoms. The van der Waals surface area contributed by atoms with Crippen molar-refractivity contribution in [1.82, 2.24) is 9.80 Å². The molecule has 0 N–H and O–H groups in total. The molecule has 1 aliphatic heterocycles. The Morgan fingerprint density at radius 3 is 2.39 bits per heavy atom. The molecular weight excluding hydrogens is 424 g/mol. The van der Waals surface area contributed by atoms with E-state index in [-0.39, 0.29) is 5.75 Å². The van der Waals surface area contributed by atoms with Crippen LogP contribution in [-0.2, 0) is 6.54 Å². The van der Waals surface area contributed by atoms with Crippen molar-refractivity contribution in [2.75, 3.05) is 46.9 Å². The van der Waals surface area contributed by atoms with Crippen molar-refractivity contribution in [2.45, 2.75) is 12.7 Å². The molecule has 1 aromatic carbocycles. The van der Waals surface area contributed by atoms with Gasteiger partial charge in [0.1, 0.15) is 0 Å². The first-order valence-corrected chi connectivity index (χ1v) is 8.33. The number of rotatable bonds is 5. The molecule has 0 aromatic heterocycles. The van der Waals surface area contributed by atoms with Crippen LogP contribution in [0, 0.1) is 3.57 Å². The lowest BCUT2D eigenvalue weighted by Crippen LogP contribution is -2.43. The summed E-state index contributed by atoms with van der Waals surface area (Å²) in [5.41, 5.74) is 1.01. The fourth-order valence-corrected chi connectivity index (χ4v) is 3.24. The molecule has 2 rings (SSSR count). The Kier molecular flexibility index (Phi) is 6.38. The summed E-state index contributed by atoms with van der Waals surface area (Å²) in [7, 11) is 3.53. The van der Waals surface area contributed by atoms with Crippen LogP contribution in [0.3, 0.4) is 0 Å². The number of halogens is 4. The van der Waals surface area contributed by atoms with Gasteiger partial charge in [-0.3, -0.25) is 4.90 Å². The normalized spacial score (nSPS) is 17.3. The van der Waals surface area contributed by atoms with Gasteiger partial charge < -0.3 is 14.4 Å². The summed E-state index contributed by atoms with van der Waals surface area (Å²) < 4.78 is 47.8. The van der Waals surface area contributed by atoms with E-state index in [0.717, 1.165) is 38.3 Å². The molecule has 0 saturated carbocycles. The summed E-state index contributed by atoms with van der Waals surface area (Å²) >= 11 is 1.98. The molecule has 0 spiro atoms. The lowest BCUT2D eigenvalue weighted by Gasteiger charge is -2.32. The monoisotopic (exact) mass is 444 g/mol. The van der Waals surface area contributed by atoms with Crippen molar-refractivity contribution in [3.63, 3.8) is 0 Å². The van der Waals surface area contributed by atoms with Gasteiger partial charge in [0.25, 0.3) is 0 Å². The summed E-state index contributed by atoms with van der Waals surface area (Å²) in [5.74, 6) is 0.484. The van der Waals surface area contributed by atoms with E-state index in [1.807, 2.05) is 28.7 Å². The van der Waals surface area contributed by atoms with Gasteiger partial charge in [-0.25, -0.2) is 0 Å². The van der Waals surface area contributed by atoms with Crippen LogP contribution in [0.2, 0.25) is 0 Å². The zero-order valence-corrected chi connectivity index (χ0v) is 15.3. The molecule has 0 atom stereocenters. The molecule has 1 saturated heterocycles. The van der Waals surface area contributed by atoms with E-state index >= 15 is 0 Å². The highest BCUT2D eigenvalue weighted by atomic mass is 127. The van der Waals surface area contributed by atoms with E-state index < -0.39 is 12.8 Å². The van der Waals surface area contributed by atoms with E-state index in [2.05, 4.69) is 16.8 Å². The Morgan fingerprint density at radius 2 is 1.83 bits per heavy atom. The van der Waals surface area contributed by atoms with Gasteiger partial charge in [-0.1, -0.05) is 0 Å². The maximum atomic E-state index is 12.3. The van der Waals surface area contributed by atoms with E-state index in [1.165, 1.54) is 7.11 Å². The highest BCUT2D eigenvalue weighted by molar-refractivity contribution is 14.1. The smallest absolute Gasteiger partial charge is 0.422 e. The van der Waals surface area contributed by atoms with Crippen LogP contribution in [-0.4, -0.2) is 62.9 Å². The Hall–Kier alpha value is -0.740. The van der Waals surface area contributed by atoms with E-state index in [0.29, 0.717) is 9.32 Å². The molecule has 130 valence electrons. The molecule has 1 aliphatic rings. The third-order valence-electron chi connectivity index (χ3n) is 3.67. The van der Waals surface area contributed by atoms with Crippen LogP contribution in [0.25, 0.3) is 0 Å². The van der Waals surface area contributed by atoms with Crippen molar-refractivity contribution < 1.29 is 22.6 Å². The van der Waals surface area contributed by atoms with Gasteiger partial charge in [0.2, 0.25) is 0 Å². The highest BCUT2D eigenvalue weighted by Crippen LogP contribution is 2.35. The fourth-order valence-electron chi connectivity index (χ4n) is 2.42. The minimum Gasteiger partial charge on any atom is -0.493 e. The van der Waals surface area contributed by atoms with Crippen LogP contribution in [0.4, 0.5) is 13.2 Å². The summed E-state index contributed by atoms with van der Waals surface area (Å²) in [6, 6.07) is 3.61. The van der Waals surface area contributed by atoms with Gasteiger partial charge >= 0.3 is 6.18 Å². The summed E-state index contributed by atoms with van der Waals surface area (Å²) in [4.78, 5) is 4.59. The SMILES string of the molecule is COc1cc(CN2CCN(C)CC2)cc(I)c1OCC(F)(F)F. The van der Waals surface area contributed by atoms with E-state index in [1.54, 1.807) is 6.07 Å². The molecule has 1 aromatic rings. The second-order valence-corrected chi connectivity index (χ2v) is 6.75. The van der Waals surface area contributed by atoms with Crippen LogP contribution in [0.5, 0.6) is 11.5 Å². The quantitative estimate of drug-likeness (QED) is 0.653. The molecule has 1 fully saturated rings. The van der Waals surface area contributed by atoms with Crippen LogP contribution >= 0.6 is 22.6 Å². The number of methoxy groups -OCH3 is 1. The minimum atomic E-state index is -4.37. The van der Waals surface area contributed by atoms with Gasteiger partial charge in [0.15, 0.2) is 18.1 Å². The van der Waals surface area contributed by atoms with Gasteiger partial charge in [-0.15, -0.1) is 0 Å². The van der Waals surface area contributed by atoms with Crippen molar-refractivity contribution >= 4 is 22.6 Å². The number of likely N-dealkylation sites (N-methyl/N-ethyl adjacent to an activating group) is 1. The van der Waals surface area contributed by atoms with Crippen molar-refractivity contribution in [1.29, 1.82) is 0 Å². The molecule has 0 amide bonds. The van der Waals surface area contributed by atoms with Gasteiger partial charge in [0.05, 0.1) is 10.7 Å². The largest absolute Gasteiger partial charge is 0.493 e. The first kappa shape index (κ1) is 18.6. The molecule has 0 unspecified atom stereocenters. The average molecular weight is 444 g/mol. The predicted molar refractivity (Wildman–Crippen MR) is 90.0 cm³/mol. The molecular formula is C15H20F3IN2O2. The van der Waals surface area contributed by atoms with Crippen LogP contribution in [0.15, 0.2) is 12.1 Å². The second-order valence-electron chi connectivity index (χ2n) is 5.59. The van der Waals surface area contributed by atoms with Gasteiger partial charge in [-0.05, 0) is 47.3 Å². The van der Waals surface area contributed by atoms with Gasteiger partial charge in [0, 0.05) is 32.7 Å². The molecule has 23 heavy (non-hydrogen) atoms. The fraction of sp³-hybridized carbons (Fsp3) is 0.600. The predicted octanol–water partition coefficient (Wildman–Crippen LogP) is 2.99. The first-order chi connectivity index (χ1) is 10.8. The number of hydrogen-bond donors (Lipinski definition) is 0. The standard InChI is InChI=1S/C15H20F3IN2O2/c1-20-3-5-21(6-4-20)9-11-7-12(19)14(13(8-11)22-2)23-10-15(16,17)18/h7-8H,3-6,9-10H2,1-2H3. The van der Waals surface area contributed by atoms with Gasteiger partial charge in [-0.2, -0.15) is 13.2 Å². The van der Waals surface area contributed by atoms with E-state index in [9.17, 15) is 13.2 Å². The Morgan fingerprint density at radius 1 is 1.17 bits per heavy atom. The van der Waals surface area contributed by atoms with Crippen LogP contribution < -0.4 is 9.47 Å². The summed E-state index contributed by atoms with van der Waals surface area (Å²) in [5, 5.41) is 0. The Labute approximate surface area is 147 Å². The first-order valence-electron chi connectivity index (χ1n) is 7.25. The average Bonchev–Trinajstić information content (AvgIpc) is 2.47. The summed E-state index contributed by atoms with van der Waals surface area (Å²) in [6.45, 7) is 3.41. The molecule has 1 heterocycles. The number of piperazine rings is 1. The van der Waals surface area contributed by atoms with Crippen molar-refractivity contribution in [3.05, 3.63) is 21.3 Å². The Balaban J connectivity index is 2.09. The number of benzene rings is 1. The lowest BCUT2D eigenvalue weighted by molar-refractivity contribution is -0.153. The third-order valence-corrected chi connectivity index (χ3v) is 4.47. The lowest BCUT2D eigenvalue weighted by atomic mass is 10.1. The maximum absolute atomic E-state index is 12.3. The maximum Gasteiger partial charge on any atom is 0.422 e. The number of nitrogens with zero attached hydrogens (tertiary/aromatic N) is 2. The number of ether oxygens (including phenoxy) is 2.